The highest BCUT2D eigenvalue weighted by Gasteiger charge is 2.32. The van der Waals surface area contributed by atoms with Crippen molar-refractivity contribution in [3.8, 4) is 5.75 Å². The average Bonchev–Trinajstić information content (AvgIpc) is 3.19. The van der Waals surface area contributed by atoms with E-state index in [-0.39, 0.29) is 10.8 Å². The largest absolute Gasteiger partial charge is 0.481 e. The number of anilines is 2. The van der Waals surface area contributed by atoms with Crippen LogP contribution in [0.3, 0.4) is 0 Å². The van der Waals surface area contributed by atoms with Crippen LogP contribution < -0.4 is 13.9 Å². The molecule has 11 heteroatoms. The Balaban J connectivity index is 1.77. The molecule has 0 aromatic heterocycles. The highest BCUT2D eigenvalue weighted by atomic mass is 32.2. The molecule has 0 spiro atoms. The zero-order chi connectivity index (χ0) is 24.6. The van der Waals surface area contributed by atoms with Gasteiger partial charge in [0.25, 0.3) is 5.91 Å². The lowest BCUT2D eigenvalue weighted by molar-refractivity contribution is -0.125. The van der Waals surface area contributed by atoms with Gasteiger partial charge in [-0.25, -0.2) is 21.1 Å². The van der Waals surface area contributed by atoms with Gasteiger partial charge in [0.05, 0.1) is 16.8 Å². The predicted octanol–water partition coefficient (Wildman–Crippen LogP) is 2.08. The van der Waals surface area contributed by atoms with E-state index in [0.29, 0.717) is 36.5 Å². The van der Waals surface area contributed by atoms with E-state index in [1.165, 1.54) is 27.2 Å². The topological polar surface area (TPSA) is 104 Å². The Morgan fingerprint density at radius 3 is 2.24 bits per heavy atom. The van der Waals surface area contributed by atoms with Gasteiger partial charge in [0.15, 0.2) is 6.10 Å². The fraction of sp³-hybridized carbons (Fsp3) is 0.409. The average molecular weight is 496 g/mol. The number of carbonyl (C=O) groups excluding carboxylic acids is 1. The second kappa shape index (κ2) is 9.32. The van der Waals surface area contributed by atoms with Crippen LogP contribution in [0.4, 0.5) is 11.4 Å². The second-order valence-corrected chi connectivity index (χ2v) is 12.2. The summed E-state index contributed by atoms with van der Waals surface area (Å²) < 4.78 is 56.5. The van der Waals surface area contributed by atoms with Crippen molar-refractivity contribution in [1.82, 2.24) is 4.31 Å². The number of fused-ring (bicyclic) bond motifs is 1. The first-order valence-corrected chi connectivity index (χ1v) is 13.7. The number of nitrogens with zero attached hydrogens (tertiary/aromatic N) is 3. The molecule has 1 unspecified atom stereocenters. The van der Waals surface area contributed by atoms with Crippen molar-refractivity contribution in [1.29, 1.82) is 0 Å². The Bertz CT molecular complexity index is 1240. The zero-order valence-corrected chi connectivity index (χ0v) is 21.0. The zero-order valence-electron chi connectivity index (χ0n) is 19.3. The first-order chi connectivity index (χ1) is 15.4. The van der Waals surface area contributed by atoms with E-state index in [2.05, 4.69) is 0 Å². The van der Waals surface area contributed by atoms with Gasteiger partial charge in [-0.15, -0.1) is 0 Å². The summed E-state index contributed by atoms with van der Waals surface area (Å²) in [6.07, 6.45) is 1.37. The van der Waals surface area contributed by atoms with E-state index in [0.717, 1.165) is 20.4 Å². The van der Waals surface area contributed by atoms with Crippen LogP contribution in [0.2, 0.25) is 0 Å². The molecule has 1 atom stereocenters. The summed E-state index contributed by atoms with van der Waals surface area (Å²) in [5, 5.41) is 0. The van der Waals surface area contributed by atoms with Gasteiger partial charge >= 0.3 is 0 Å². The summed E-state index contributed by atoms with van der Waals surface area (Å²) >= 11 is 0. The number of benzene rings is 2. The van der Waals surface area contributed by atoms with E-state index in [1.807, 2.05) is 6.92 Å². The number of hydrogen-bond donors (Lipinski definition) is 0. The van der Waals surface area contributed by atoms with Crippen LogP contribution in [0.15, 0.2) is 47.4 Å². The summed E-state index contributed by atoms with van der Waals surface area (Å²) in [6.45, 7) is 2.29. The van der Waals surface area contributed by atoms with Crippen LogP contribution in [0.1, 0.15) is 18.9 Å². The molecule has 0 aliphatic carbocycles. The minimum atomic E-state index is -3.55. The van der Waals surface area contributed by atoms with Crippen molar-refractivity contribution >= 4 is 37.3 Å². The van der Waals surface area contributed by atoms with E-state index >= 15 is 0 Å². The third-order valence-electron chi connectivity index (χ3n) is 5.61. The van der Waals surface area contributed by atoms with Gasteiger partial charge in [0.1, 0.15) is 5.75 Å². The number of carbonyl (C=O) groups is 1. The molecule has 9 nitrogen and oxygen atoms in total. The van der Waals surface area contributed by atoms with Crippen LogP contribution in [-0.2, 0) is 31.3 Å². The molecule has 0 fully saturated rings. The third kappa shape index (κ3) is 5.15. The lowest BCUT2D eigenvalue weighted by Gasteiger charge is -2.24. The molecule has 2 aromatic carbocycles. The SMILES string of the molecule is CCC(Oc1ccc(N(C)S(C)(=O)=O)cc1)C(=O)N1CCc2cc(S(=O)(=O)N(C)C)ccc21. The smallest absolute Gasteiger partial charge is 0.268 e. The van der Waals surface area contributed by atoms with Crippen LogP contribution in [0.5, 0.6) is 5.75 Å². The van der Waals surface area contributed by atoms with Crippen molar-refractivity contribution in [3.05, 3.63) is 48.0 Å². The monoisotopic (exact) mass is 495 g/mol. The fourth-order valence-electron chi connectivity index (χ4n) is 3.55. The molecular weight excluding hydrogens is 466 g/mol. The standard InChI is InChI=1S/C22H29N3O6S2/c1-6-21(31-18-9-7-17(8-10-18)24(4)32(5,27)28)22(26)25-14-13-16-15-19(11-12-20(16)25)33(29,30)23(2)3/h7-12,15,21H,6,13-14H2,1-5H3. The van der Waals surface area contributed by atoms with E-state index < -0.39 is 26.2 Å². The number of amides is 1. The number of sulfonamides is 2. The van der Waals surface area contributed by atoms with Gasteiger partial charge in [-0.2, -0.15) is 0 Å². The molecule has 0 bridgehead atoms. The molecule has 180 valence electrons. The lowest BCUT2D eigenvalue weighted by atomic mass is 10.1. The molecular formula is C22H29N3O6S2. The van der Waals surface area contributed by atoms with Gasteiger partial charge in [0.2, 0.25) is 20.0 Å². The Labute approximate surface area is 195 Å². The molecule has 1 amide bonds. The highest BCUT2D eigenvalue weighted by Crippen LogP contribution is 2.32. The molecule has 0 saturated carbocycles. The van der Waals surface area contributed by atoms with Crippen molar-refractivity contribution in [2.75, 3.05) is 43.1 Å². The first-order valence-electron chi connectivity index (χ1n) is 10.4. The van der Waals surface area contributed by atoms with Crippen LogP contribution >= 0.6 is 0 Å². The maximum absolute atomic E-state index is 13.2. The summed E-state index contributed by atoms with van der Waals surface area (Å²) in [5.74, 6) is 0.240. The first kappa shape index (κ1) is 25.0. The van der Waals surface area contributed by atoms with Crippen molar-refractivity contribution in [3.63, 3.8) is 0 Å². The summed E-state index contributed by atoms with van der Waals surface area (Å²) in [7, 11) is -2.51. The van der Waals surface area contributed by atoms with Gasteiger partial charge in [0, 0.05) is 33.4 Å². The number of ether oxygens (including phenoxy) is 1. The Hall–Kier alpha value is -2.63. The van der Waals surface area contributed by atoms with E-state index in [9.17, 15) is 21.6 Å². The summed E-state index contributed by atoms with van der Waals surface area (Å²) in [4.78, 5) is 15.1. The molecule has 0 N–H and O–H groups in total. The third-order valence-corrected chi connectivity index (χ3v) is 8.63. The Morgan fingerprint density at radius 2 is 1.70 bits per heavy atom. The molecule has 2 aromatic rings. The summed E-state index contributed by atoms with van der Waals surface area (Å²) in [6, 6.07) is 11.3. The maximum atomic E-state index is 13.2. The molecule has 33 heavy (non-hydrogen) atoms. The van der Waals surface area contributed by atoms with Gasteiger partial charge < -0.3 is 9.64 Å². The fourth-order valence-corrected chi connectivity index (χ4v) is 5.01. The lowest BCUT2D eigenvalue weighted by Crippen LogP contribution is -2.41. The molecule has 1 aliphatic heterocycles. The second-order valence-electron chi connectivity index (χ2n) is 8.06. The minimum absolute atomic E-state index is 0.197. The number of hydrogen-bond acceptors (Lipinski definition) is 6. The highest BCUT2D eigenvalue weighted by molar-refractivity contribution is 7.92. The van der Waals surface area contributed by atoms with Crippen molar-refractivity contribution < 1.29 is 26.4 Å². The van der Waals surface area contributed by atoms with E-state index in [1.54, 1.807) is 41.3 Å². The maximum Gasteiger partial charge on any atom is 0.268 e. The van der Waals surface area contributed by atoms with Gasteiger partial charge in [-0.1, -0.05) is 6.92 Å². The van der Waals surface area contributed by atoms with Crippen molar-refractivity contribution in [2.24, 2.45) is 0 Å². The molecule has 0 radical (unpaired) electrons. The normalized spacial score (nSPS) is 14.8. The van der Waals surface area contributed by atoms with E-state index in [4.69, 9.17) is 4.74 Å². The van der Waals surface area contributed by atoms with Gasteiger partial charge in [-0.3, -0.25) is 9.10 Å². The van der Waals surface area contributed by atoms with Gasteiger partial charge in [-0.05, 0) is 60.9 Å². The predicted molar refractivity (Wildman–Crippen MR) is 128 cm³/mol. The molecule has 1 heterocycles. The Kier molecular flexibility index (Phi) is 7.06. The van der Waals surface area contributed by atoms with Crippen LogP contribution in [0, 0.1) is 0 Å². The molecule has 0 saturated heterocycles. The summed E-state index contributed by atoms with van der Waals surface area (Å²) in [5.41, 5.74) is 1.97. The minimum Gasteiger partial charge on any atom is -0.481 e. The quantitative estimate of drug-likeness (QED) is 0.555. The van der Waals surface area contributed by atoms with Crippen LogP contribution in [-0.4, -0.2) is 67.1 Å². The van der Waals surface area contributed by atoms with Crippen molar-refractivity contribution in [2.45, 2.75) is 30.8 Å². The molecule has 3 rings (SSSR count). The number of rotatable bonds is 8. The van der Waals surface area contributed by atoms with Crippen LogP contribution in [0.25, 0.3) is 0 Å². The Morgan fingerprint density at radius 1 is 1.06 bits per heavy atom. The molecule has 1 aliphatic rings.